The van der Waals surface area contributed by atoms with Crippen LogP contribution in [0.2, 0.25) is 0 Å². The van der Waals surface area contributed by atoms with Gasteiger partial charge in [-0.25, -0.2) is 0 Å². The number of aromatic hydroxyl groups is 1. The minimum atomic E-state index is -0.372. The molecule has 15 heavy (non-hydrogen) atoms. The van der Waals surface area contributed by atoms with Gasteiger partial charge in [0.1, 0.15) is 23.2 Å². The van der Waals surface area contributed by atoms with Crippen LogP contribution >= 0.6 is 0 Å². The van der Waals surface area contributed by atoms with Crippen molar-refractivity contribution < 1.29 is 14.3 Å². The molecule has 2 aromatic rings. The van der Waals surface area contributed by atoms with Crippen LogP contribution in [0.3, 0.4) is 0 Å². The number of hydrogen-bond donors (Lipinski definition) is 1. The number of phenolic OH excluding ortho intramolecular Hbond substituents is 1. The summed E-state index contributed by atoms with van der Waals surface area (Å²) >= 11 is 0. The highest BCUT2D eigenvalue weighted by molar-refractivity contribution is 5.96. The Kier molecular flexibility index (Phi) is 2.04. The zero-order chi connectivity index (χ0) is 11.0. The van der Waals surface area contributed by atoms with Crippen molar-refractivity contribution in [2.45, 2.75) is 6.92 Å². The van der Waals surface area contributed by atoms with E-state index >= 15 is 0 Å². The maximum absolute atomic E-state index is 11.7. The average Bonchev–Trinajstić information content (AvgIpc) is 2.17. The van der Waals surface area contributed by atoms with Gasteiger partial charge in [0.15, 0.2) is 5.78 Å². The molecule has 0 spiro atoms. The molecule has 1 aromatic heterocycles. The number of carbonyl (C=O) groups is 1. The molecule has 0 radical (unpaired) electrons. The van der Waals surface area contributed by atoms with Crippen LogP contribution in [0, 0.1) is 0 Å². The molecule has 0 aliphatic carbocycles. The zero-order valence-corrected chi connectivity index (χ0v) is 7.98. The molecule has 0 aliphatic rings. The van der Waals surface area contributed by atoms with E-state index in [0.29, 0.717) is 5.39 Å². The molecule has 0 fully saturated rings. The van der Waals surface area contributed by atoms with Gasteiger partial charge in [-0.3, -0.25) is 9.59 Å². The summed E-state index contributed by atoms with van der Waals surface area (Å²) in [6.45, 7) is 1.30. The predicted octanol–water partition coefficient (Wildman–Crippen LogP) is 1.70. The van der Waals surface area contributed by atoms with Crippen molar-refractivity contribution >= 4 is 16.8 Å². The molecule has 0 amide bonds. The van der Waals surface area contributed by atoms with E-state index in [1.807, 2.05) is 0 Å². The van der Waals surface area contributed by atoms with Crippen molar-refractivity contribution in [3.05, 3.63) is 40.2 Å². The third-order valence-electron chi connectivity index (χ3n) is 2.14. The van der Waals surface area contributed by atoms with E-state index < -0.39 is 0 Å². The van der Waals surface area contributed by atoms with E-state index in [0.717, 1.165) is 6.26 Å². The van der Waals surface area contributed by atoms with E-state index in [2.05, 4.69) is 0 Å². The molecule has 1 N–H and O–H groups in total. The smallest absolute Gasteiger partial charge is 0.203 e. The van der Waals surface area contributed by atoms with Crippen molar-refractivity contribution in [2.75, 3.05) is 0 Å². The molecule has 0 saturated heterocycles. The number of benzene rings is 1. The fraction of sp³-hybridized carbons (Fsp3) is 0.0909. The number of fused-ring (bicyclic) bond motifs is 1. The van der Waals surface area contributed by atoms with Gasteiger partial charge in [-0.1, -0.05) is 0 Å². The molecule has 2 rings (SSSR count). The SMILES string of the molecule is CC(=O)c1coc2cc(O)ccc2c1=O. The Morgan fingerprint density at radius 3 is 2.80 bits per heavy atom. The lowest BCUT2D eigenvalue weighted by molar-refractivity contribution is 0.101. The second-order valence-corrected chi connectivity index (χ2v) is 3.22. The second kappa shape index (κ2) is 3.24. The summed E-state index contributed by atoms with van der Waals surface area (Å²) in [6.07, 6.45) is 1.12. The number of hydrogen-bond acceptors (Lipinski definition) is 4. The molecule has 0 unspecified atom stereocenters. The topological polar surface area (TPSA) is 67.5 Å². The monoisotopic (exact) mass is 204 g/mol. The maximum Gasteiger partial charge on any atom is 0.203 e. The normalized spacial score (nSPS) is 10.5. The van der Waals surface area contributed by atoms with Crippen LogP contribution < -0.4 is 5.43 Å². The summed E-state index contributed by atoms with van der Waals surface area (Å²) in [4.78, 5) is 22.8. The average molecular weight is 204 g/mol. The Labute approximate surface area is 84.8 Å². The molecular formula is C11H8O4. The minimum absolute atomic E-state index is 0.0150. The molecule has 0 bridgehead atoms. The first-order valence-electron chi connectivity index (χ1n) is 4.35. The molecule has 0 saturated carbocycles. The van der Waals surface area contributed by atoms with Gasteiger partial charge in [0.2, 0.25) is 5.43 Å². The van der Waals surface area contributed by atoms with Crippen LogP contribution in [0.25, 0.3) is 11.0 Å². The van der Waals surface area contributed by atoms with E-state index in [9.17, 15) is 14.7 Å². The maximum atomic E-state index is 11.7. The lowest BCUT2D eigenvalue weighted by Gasteiger charge is -1.99. The summed E-state index contributed by atoms with van der Waals surface area (Å²) < 4.78 is 5.08. The number of Topliss-reactive ketones (excluding diaryl/α,β-unsaturated/α-hetero) is 1. The van der Waals surface area contributed by atoms with Crippen LogP contribution in [0.1, 0.15) is 17.3 Å². The standard InChI is InChI=1S/C11H8O4/c1-6(12)9-5-15-10-4-7(13)2-3-8(10)11(9)14/h2-5,13H,1H3. The number of ketones is 1. The number of carbonyl (C=O) groups excluding carboxylic acids is 1. The first-order chi connectivity index (χ1) is 7.09. The molecule has 1 heterocycles. The van der Waals surface area contributed by atoms with Gasteiger partial charge in [0.25, 0.3) is 0 Å². The molecule has 4 nitrogen and oxygen atoms in total. The fourth-order valence-electron chi connectivity index (χ4n) is 1.36. The summed E-state index contributed by atoms with van der Waals surface area (Å²) in [5.41, 5.74) is -0.0815. The number of rotatable bonds is 1. The Morgan fingerprint density at radius 2 is 2.13 bits per heavy atom. The summed E-state index contributed by atoms with van der Waals surface area (Å²) in [5.74, 6) is -0.319. The van der Waals surface area contributed by atoms with Crippen LogP contribution in [-0.4, -0.2) is 10.9 Å². The van der Waals surface area contributed by atoms with Gasteiger partial charge in [-0.05, 0) is 19.1 Å². The Balaban J connectivity index is 2.86. The van der Waals surface area contributed by atoms with Gasteiger partial charge >= 0.3 is 0 Å². The molecule has 1 aromatic carbocycles. The van der Waals surface area contributed by atoms with Gasteiger partial charge in [-0.15, -0.1) is 0 Å². The van der Waals surface area contributed by atoms with Gasteiger partial charge in [0, 0.05) is 6.07 Å². The summed E-state index contributed by atoms with van der Waals surface area (Å²) in [6, 6.07) is 4.15. The lowest BCUT2D eigenvalue weighted by atomic mass is 10.1. The quantitative estimate of drug-likeness (QED) is 0.718. The van der Waals surface area contributed by atoms with E-state index in [1.165, 1.54) is 25.1 Å². The van der Waals surface area contributed by atoms with Crippen molar-refractivity contribution in [2.24, 2.45) is 0 Å². The molecule has 76 valence electrons. The molecule has 4 heteroatoms. The third-order valence-corrected chi connectivity index (χ3v) is 2.14. The number of phenols is 1. The Hall–Kier alpha value is -2.10. The van der Waals surface area contributed by atoms with Crippen LogP contribution in [0.15, 0.2) is 33.7 Å². The van der Waals surface area contributed by atoms with E-state index in [-0.39, 0.29) is 28.1 Å². The minimum Gasteiger partial charge on any atom is -0.508 e. The van der Waals surface area contributed by atoms with Crippen molar-refractivity contribution in [1.82, 2.24) is 0 Å². The van der Waals surface area contributed by atoms with Crippen molar-refractivity contribution in [3.63, 3.8) is 0 Å². The van der Waals surface area contributed by atoms with Gasteiger partial charge in [-0.2, -0.15) is 0 Å². The summed E-state index contributed by atoms with van der Waals surface area (Å²) in [7, 11) is 0. The lowest BCUT2D eigenvalue weighted by Crippen LogP contribution is -2.12. The highest BCUT2D eigenvalue weighted by Gasteiger charge is 2.10. The zero-order valence-electron chi connectivity index (χ0n) is 7.98. The predicted molar refractivity (Wildman–Crippen MR) is 54.2 cm³/mol. The first-order valence-corrected chi connectivity index (χ1v) is 4.35. The first kappa shape index (κ1) is 9.45. The Morgan fingerprint density at radius 1 is 1.40 bits per heavy atom. The van der Waals surface area contributed by atoms with Crippen LogP contribution in [-0.2, 0) is 0 Å². The van der Waals surface area contributed by atoms with E-state index in [1.54, 1.807) is 0 Å². The molecule has 0 aliphatic heterocycles. The highest BCUT2D eigenvalue weighted by atomic mass is 16.3. The van der Waals surface area contributed by atoms with Crippen molar-refractivity contribution in [3.8, 4) is 5.75 Å². The van der Waals surface area contributed by atoms with E-state index in [4.69, 9.17) is 4.42 Å². The third kappa shape index (κ3) is 1.50. The molecule has 0 atom stereocenters. The largest absolute Gasteiger partial charge is 0.508 e. The highest BCUT2D eigenvalue weighted by Crippen LogP contribution is 2.17. The van der Waals surface area contributed by atoms with Gasteiger partial charge < -0.3 is 9.52 Å². The molecular weight excluding hydrogens is 196 g/mol. The van der Waals surface area contributed by atoms with Gasteiger partial charge in [0.05, 0.1) is 5.39 Å². The van der Waals surface area contributed by atoms with Crippen LogP contribution in [0.4, 0.5) is 0 Å². The van der Waals surface area contributed by atoms with Crippen molar-refractivity contribution in [1.29, 1.82) is 0 Å². The fourth-order valence-corrected chi connectivity index (χ4v) is 1.36. The summed E-state index contributed by atoms with van der Waals surface area (Å²) in [5, 5.41) is 9.46. The van der Waals surface area contributed by atoms with Crippen LogP contribution in [0.5, 0.6) is 5.75 Å². The second-order valence-electron chi connectivity index (χ2n) is 3.22. The Bertz CT molecular complexity index is 595.